The van der Waals surface area contributed by atoms with Crippen LogP contribution in [0.25, 0.3) is 22.6 Å². The first-order valence-corrected chi connectivity index (χ1v) is 8.32. The number of carbonyl (C=O) groups is 1. The molecule has 0 spiro atoms. The van der Waals surface area contributed by atoms with Crippen LogP contribution >= 0.6 is 23.2 Å². The van der Waals surface area contributed by atoms with Gasteiger partial charge < -0.3 is 9.73 Å². The Kier molecular flexibility index (Phi) is 5.24. The summed E-state index contributed by atoms with van der Waals surface area (Å²) in [7, 11) is 0. The van der Waals surface area contributed by atoms with Crippen molar-refractivity contribution in [2.75, 3.05) is 6.54 Å². The molecule has 0 fully saturated rings. The van der Waals surface area contributed by atoms with E-state index in [-0.39, 0.29) is 17.0 Å². The van der Waals surface area contributed by atoms with Crippen molar-refractivity contribution in [3.8, 4) is 11.5 Å². The molecule has 0 unspecified atom stereocenters. The van der Waals surface area contributed by atoms with Gasteiger partial charge in [-0.3, -0.25) is 4.79 Å². The molecule has 3 rings (SSSR count). The van der Waals surface area contributed by atoms with E-state index in [1.165, 1.54) is 24.3 Å². The maximum atomic E-state index is 12.9. The summed E-state index contributed by atoms with van der Waals surface area (Å²) < 4.78 is 67.9. The van der Waals surface area contributed by atoms with Gasteiger partial charge in [0.2, 0.25) is 5.89 Å². The molecule has 1 N–H and O–H groups in total. The van der Waals surface area contributed by atoms with Gasteiger partial charge in [-0.15, -0.1) is 0 Å². The van der Waals surface area contributed by atoms with Crippen LogP contribution in [0.4, 0.5) is 22.0 Å². The lowest BCUT2D eigenvalue weighted by atomic mass is 10.2. The lowest BCUT2D eigenvalue weighted by Crippen LogP contribution is -2.46. The van der Waals surface area contributed by atoms with Crippen LogP contribution in [-0.4, -0.2) is 29.5 Å². The Balaban J connectivity index is 1.83. The lowest BCUT2D eigenvalue weighted by Gasteiger charge is -2.19. The first-order valence-electron chi connectivity index (χ1n) is 7.56. The number of hydrogen-bond donors (Lipinski definition) is 1. The van der Waals surface area contributed by atoms with E-state index in [2.05, 4.69) is 4.98 Å². The van der Waals surface area contributed by atoms with Crippen LogP contribution in [0.5, 0.6) is 0 Å². The molecule has 11 heteroatoms. The van der Waals surface area contributed by atoms with E-state index in [1.54, 1.807) is 17.4 Å². The molecule has 3 aromatic rings. The van der Waals surface area contributed by atoms with Crippen LogP contribution in [0, 0.1) is 0 Å². The third-order valence-electron chi connectivity index (χ3n) is 3.65. The van der Waals surface area contributed by atoms with Gasteiger partial charge in [0, 0.05) is 21.2 Å². The quantitative estimate of drug-likeness (QED) is 0.529. The van der Waals surface area contributed by atoms with Crippen molar-refractivity contribution in [1.29, 1.82) is 0 Å². The summed E-state index contributed by atoms with van der Waals surface area (Å²) in [5.41, 5.74) is 0.756. The Morgan fingerprint density at radius 2 is 1.68 bits per heavy atom. The standard InChI is InChI=1S/C17H9Cl2F5N2O2/c18-10-3-9(4-11(19)6-10)15-26-12-2-1-8(5-13(12)28-15)14(27)25-7-16(20,21)17(22,23)24/h1-6H,7H2,(H,25,27). The van der Waals surface area contributed by atoms with Crippen LogP contribution in [0.15, 0.2) is 40.8 Å². The average Bonchev–Trinajstić information content (AvgIpc) is 3.01. The average molecular weight is 439 g/mol. The van der Waals surface area contributed by atoms with Gasteiger partial charge in [-0.2, -0.15) is 22.0 Å². The zero-order valence-corrected chi connectivity index (χ0v) is 15.1. The molecule has 0 saturated carbocycles. The highest BCUT2D eigenvalue weighted by molar-refractivity contribution is 6.35. The summed E-state index contributed by atoms with van der Waals surface area (Å²) in [5.74, 6) is -6.02. The maximum Gasteiger partial charge on any atom is 0.455 e. The maximum absolute atomic E-state index is 12.9. The van der Waals surface area contributed by atoms with Crippen LogP contribution in [0.1, 0.15) is 10.4 Å². The van der Waals surface area contributed by atoms with Crippen LogP contribution < -0.4 is 5.32 Å². The monoisotopic (exact) mass is 438 g/mol. The van der Waals surface area contributed by atoms with Crippen LogP contribution in [0.2, 0.25) is 10.0 Å². The zero-order chi connectivity index (χ0) is 20.7. The Bertz CT molecular complexity index is 1030. The predicted octanol–water partition coefficient (Wildman–Crippen LogP) is 5.73. The summed E-state index contributed by atoms with van der Waals surface area (Å²) in [4.78, 5) is 16.1. The van der Waals surface area contributed by atoms with Gasteiger partial charge in [-0.05, 0) is 36.4 Å². The van der Waals surface area contributed by atoms with Gasteiger partial charge >= 0.3 is 12.1 Å². The fraction of sp³-hybridized carbons (Fsp3) is 0.176. The molecule has 2 aromatic carbocycles. The zero-order valence-electron chi connectivity index (χ0n) is 13.6. The molecule has 0 atom stereocenters. The first kappa shape index (κ1) is 20.3. The number of carbonyl (C=O) groups excluding carboxylic acids is 1. The van der Waals surface area contributed by atoms with Crippen molar-refractivity contribution in [2.45, 2.75) is 12.1 Å². The number of halogens is 7. The van der Waals surface area contributed by atoms with Crippen molar-refractivity contribution >= 4 is 40.2 Å². The van der Waals surface area contributed by atoms with E-state index in [0.717, 1.165) is 0 Å². The SMILES string of the molecule is O=C(NCC(F)(F)C(F)(F)F)c1ccc2nc(-c3cc(Cl)cc(Cl)c3)oc2c1. The number of hydrogen-bond acceptors (Lipinski definition) is 3. The molecule has 0 aliphatic rings. The summed E-state index contributed by atoms with van der Waals surface area (Å²) in [6.07, 6.45) is -5.76. The number of alkyl halides is 5. The van der Waals surface area contributed by atoms with E-state index in [1.807, 2.05) is 0 Å². The van der Waals surface area contributed by atoms with E-state index in [0.29, 0.717) is 21.1 Å². The molecule has 0 radical (unpaired) electrons. The normalized spacial score (nSPS) is 12.4. The molecule has 0 aliphatic carbocycles. The number of aromatic nitrogens is 1. The van der Waals surface area contributed by atoms with Gasteiger partial charge in [0.1, 0.15) is 5.52 Å². The minimum atomic E-state index is -5.76. The van der Waals surface area contributed by atoms with Crippen molar-refractivity contribution in [2.24, 2.45) is 0 Å². The van der Waals surface area contributed by atoms with Gasteiger partial charge in [0.05, 0.1) is 6.54 Å². The smallest absolute Gasteiger partial charge is 0.436 e. The Hall–Kier alpha value is -2.39. The first-order chi connectivity index (χ1) is 13.0. The van der Waals surface area contributed by atoms with E-state index in [9.17, 15) is 26.7 Å². The van der Waals surface area contributed by atoms with Gasteiger partial charge in [0.25, 0.3) is 5.91 Å². The number of fused-ring (bicyclic) bond motifs is 1. The van der Waals surface area contributed by atoms with Crippen LogP contribution in [-0.2, 0) is 0 Å². The molecule has 0 saturated heterocycles. The third kappa shape index (κ3) is 4.20. The second kappa shape index (κ2) is 7.21. The Morgan fingerprint density at radius 3 is 2.29 bits per heavy atom. The second-order valence-electron chi connectivity index (χ2n) is 5.74. The lowest BCUT2D eigenvalue weighted by molar-refractivity contribution is -0.278. The fourth-order valence-corrected chi connectivity index (χ4v) is 2.79. The van der Waals surface area contributed by atoms with Gasteiger partial charge in [-0.1, -0.05) is 23.2 Å². The number of nitrogens with one attached hydrogen (secondary N) is 1. The molecule has 0 aliphatic heterocycles. The molecule has 148 valence electrons. The van der Waals surface area contributed by atoms with E-state index in [4.69, 9.17) is 27.6 Å². The predicted molar refractivity (Wildman–Crippen MR) is 92.8 cm³/mol. The molecule has 1 aromatic heterocycles. The number of rotatable bonds is 4. The number of benzene rings is 2. The Morgan fingerprint density at radius 1 is 1.04 bits per heavy atom. The van der Waals surface area contributed by atoms with Crippen molar-refractivity contribution < 1.29 is 31.2 Å². The number of nitrogens with zero attached hydrogens (tertiary/aromatic N) is 1. The fourth-order valence-electron chi connectivity index (χ4n) is 2.26. The highest BCUT2D eigenvalue weighted by Gasteiger charge is 2.57. The molecule has 1 heterocycles. The van der Waals surface area contributed by atoms with Crippen LogP contribution in [0.3, 0.4) is 0 Å². The van der Waals surface area contributed by atoms with Gasteiger partial charge in [-0.25, -0.2) is 4.98 Å². The van der Waals surface area contributed by atoms with Crippen molar-refractivity contribution in [3.05, 3.63) is 52.0 Å². The van der Waals surface area contributed by atoms with E-state index >= 15 is 0 Å². The second-order valence-corrected chi connectivity index (χ2v) is 6.62. The van der Waals surface area contributed by atoms with Crippen molar-refractivity contribution in [1.82, 2.24) is 10.3 Å². The molecular formula is C17H9Cl2F5N2O2. The highest BCUT2D eigenvalue weighted by Crippen LogP contribution is 2.35. The highest BCUT2D eigenvalue weighted by atomic mass is 35.5. The summed E-state index contributed by atoms with van der Waals surface area (Å²) in [5, 5.41) is 2.24. The molecule has 4 nitrogen and oxygen atoms in total. The number of oxazole rings is 1. The van der Waals surface area contributed by atoms with Crippen molar-refractivity contribution in [3.63, 3.8) is 0 Å². The third-order valence-corrected chi connectivity index (χ3v) is 4.08. The molecule has 1 amide bonds. The molecule has 0 bridgehead atoms. The minimum Gasteiger partial charge on any atom is -0.436 e. The van der Waals surface area contributed by atoms with Gasteiger partial charge in [0.15, 0.2) is 5.58 Å². The van der Waals surface area contributed by atoms with E-state index < -0.39 is 24.6 Å². The summed E-state index contributed by atoms with van der Waals surface area (Å²) in [6.45, 7) is -1.88. The summed E-state index contributed by atoms with van der Waals surface area (Å²) in [6, 6.07) is 8.37. The number of amides is 1. The largest absolute Gasteiger partial charge is 0.455 e. The topological polar surface area (TPSA) is 55.1 Å². The Labute approximate surface area is 164 Å². The minimum absolute atomic E-state index is 0.126. The summed E-state index contributed by atoms with van der Waals surface area (Å²) >= 11 is 11.8. The molecular weight excluding hydrogens is 430 g/mol. The molecule has 28 heavy (non-hydrogen) atoms.